The molecule has 7 aromatic rings. The largest absolute Gasteiger partial charge is 0.352 e. The molecule has 0 bridgehead atoms. The van der Waals surface area contributed by atoms with Gasteiger partial charge in [0, 0.05) is 58.9 Å². The number of carbonyl (C=O) groups is 4. The van der Waals surface area contributed by atoms with E-state index in [9.17, 15) is 19.2 Å². The van der Waals surface area contributed by atoms with E-state index in [1.54, 1.807) is 19.1 Å². The number of fused-ring (bicyclic) bond motifs is 2. The Hall–Kier alpha value is -5.96. The summed E-state index contributed by atoms with van der Waals surface area (Å²) >= 11 is 0. The Morgan fingerprint density at radius 2 is 0.869 bits per heavy atom. The zero-order valence-corrected chi connectivity index (χ0v) is 35.5. The van der Waals surface area contributed by atoms with Crippen LogP contribution in [-0.4, -0.2) is 53.7 Å². The minimum absolute atomic E-state index is 0.135. The van der Waals surface area contributed by atoms with Crippen molar-refractivity contribution >= 4 is 66.7 Å². The van der Waals surface area contributed by atoms with E-state index in [0.29, 0.717) is 33.0 Å². The molecular formula is C53H52N2O6. The minimum Gasteiger partial charge on any atom is -0.352 e. The van der Waals surface area contributed by atoms with Crippen LogP contribution in [0.4, 0.5) is 0 Å². The number of nitrogens with zero attached hydrogens (tertiary/aromatic N) is 2. The van der Waals surface area contributed by atoms with Crippen molar-refractivity contribution in [1.82, 2.24) is 9.80 Å². The van der Waals surface area contributed by atoms with Gasteiger partial charge in [0.2, 0.25) is 0 Å². The highest BCUT2D eigenvalue weighted by Gasteiger charge is 2.39. The second-order valence-electron chi connectivity index (χ2n) is 16.8. The summed E-state index contributed by atoms with van der Waals surface area (Å²) in [6.07, 6.45) is 9.94. The van der Waals surface area contributed by atoms with Crippen molar-refractivity contribution in [3.8, 4) is 11.1 Å². The molecule has 0 unspecified atom stereocenters. The standard InChI is InChI=1S/C53H52N2O6/c1-5-7-9-11-13-36(14-12-10-8-6-2)55-51(58)43-29-25-39-37-23-27-41-47-42(28-24-38(45(37)47)40-26-30-44(52(55)59)48(43)46(39)40)50(57)54(49(41)56)31-32-15-17-33(18-16-32)34-19-21-35(22-20-34)53(60-3)61-4/h15-30,36,53H,5-14,31H2,1-4H3. The van der Waals surface area contributed by atoms with Gasteiger partial charge >= 0.3 is 0 Å². The van der Waals surface area contributed by atoms with Crippen LogP contribution in [0.2, 0.25) is 0 Å². The lowest BCUT2D eigenvalue weighted by molar-refractivity contribution is -0.106. The van der Waals surface area contributed by atoms with E-state index in [-0.39, 0.29) is 36.2 Å². The molecule has 61 heavy (non-hydrogen) atoms. The smallest absolute Gasteiger partial charge is 0.261 e. The van der Waals surface area contributed by atoms with Crippen molar-refractivity contribution in [1.29, 1.82) is 0 Å². The van der Waals surface area contributed by atoms with Crippen molar-refractivity contribution in [2.24, 2.45) is 0 Å². The molecule has 2 aliphatic rings. The van der Waals surface area contributed by atoms with Gasteiger partial charge in [0.15, 0.2) is 6.29 Å². The molecule has 4 amide bonds. The average Bonchev–Trinajstić information content (AvgIpc) is 3.29. The third kappa shape index (κ3) is 6.86. The first-order valence-electron chi connectivity index (χ1n) is 22.0. The molecule has 7 aromatic carbocycles. The van der Waals surface area contributed by atoms with Gasteiger partial charge in [-0.25, -0.2) is 0 Å². The summed E-state index contributed by atoms with van der Waals surface area (Å²) in [7, 11) is 3.21. The van der Waals surface area contributed by atoms with E-state index >= 15 is 0 Å². The van der Waals surface area contributed by atoms with Crippen molar-refractivity contribution < 1.29 is 28.7 Å². The predicted octanol–water partition coefficient (Wildman–Crippen LogP) is 12.4. The molecule has 2 aliphatic heterocycles. The summed E-state index contributed by atoms with van der Waals surface area (Å²) in [5, 5.41) is 6.63. The molecule has 0 radical (unpaired) electrons. The van der Waals surface area contributed by atoms with E-state index in [2.05, 4.69) is 13.8 Å². The average molecular weight is 813 g/mol. The van der Waals surface area contributed by atoms with Crippen LogP contribution in [0.3, 0.4) is 0 Å². The third-order valence-corrected chi connectivity index (χ3v) is 13.1. The lowest BCUT2D eigenvalue weighted by Crippen LogP contribution is -2.47. The summed E-state index contributed by atoms with van der Waals surface area (Å²) in [4.78, 5) is 60.6. The van der Waals surface area contributed by atoms with Gasteiger partial charge in [0.05, 0.1) is 6.54 Å². The lowest BCUT2D eigenvalue weighted by Gasteiger charge is -2.35. The fourth-order valence-corrected chi connectivity index (χ4v) is 10.0. The number of unbranched alkanes of at least 4 members (excludes halogenated alkanes) is 6. The van der Waals surface area contributed by atoms with Crippen molar-refractivity contribution in [3.63, 3.8) is 0 Å². The SMILES string of the molecule is CCCCCCC(CCCCCC)N1C(=O)c2ccc3c4ccc5c6c(ccc(c7ccc(c2c37)C1=O)c64)C(=O)N(Cc1ccc(-c2ccc(C(OC)OC)cc2)cc1)C5=O. The van der Waals surface area contributed by atoms with Gasteiger partial charge in [-0.3, -0.25) is 29.0 Å². The van der Waals surface area contributed by atoms with Crippen LogP contribution in [0, 0.1) is 0 Å². The van der Waals surface area contributed by atoms with Crippen molar-refractivity contribution in [3.05, 3.63) is 130 Å². The fourth-order valence-electron chi connectivity index (χ4n) is 10.0. The molecule has 9 rings (SSSR count). The minimum atomic E-state index is -0.433. The van der Waals surface area contributed by atoms with Gasteiger partial charge in [-0.1, -0.05) is 138 Å². The summed E-state index contributed by atoms with van der Waals surface area (Å²) in [5.74, 6) is -1.09. The van der Waals surface area contributed by atoms with Gasteiger partial charge in [0.1, 0.15) is 0 Å². The topological polar surface area (TPSA) is 93.2 Å². The Morgan fingerprint density at radius 1 is 0.459 bits per heavy atom. The van der Waals surface area contributed by atoms with Crippen molar-refractivity contribution in [2.45, 2.75) is 96.9 Å². The van der Waals surface area contributed by atoms with E-state index < -0.39 is 6.29 Å². The molecule has 0 fully saturated rings. The number of rotatable bonds is 17. The first kappa shape index (κ1) is 40.4. The van der Waals surface area contributed by atoms with Gasteiger partial charge in [-0.2, -0.15) is 0 Å². The molecule has 310 valence electrons. The van der Waals surface area contributed by atoms with E-state index in [4.69, 9.17) is 9.47 Å². The predicted molar refractivity (Wildman–Crippen MR) is 242 cm³/mol. The number of amides is 4. The fraction of sp³-hybridized carbons (Fsp3) is 0.321. The van der Waals surface area contributed by atoms with Crippen LogP contribution in [-0.2, 0) is 16.0 Å². The Morgan fingerprint density at radius 3 is 1.28 bits per heavy atom. The maximum atomic E-state index is 14.5. The number of benzene rings is 7. The lowest BCUT2D eigenvalue weighted by atomic mass is 9.82. The number of hydrogen-bond acceptors (Lipinski definition) is 6. The summed E-state index contributed by atoms with van der Waals surface area (Å²) in [6.45, 7) is 4.52. The van der Waals surface area contributed by atoms with Crippen LogP contribution in [0.15, 0.2) is 97.1 Å². The summed E-state index contributed by atoms with van der Waals surface area (Å²) < 4.78 is 10.7. The van der Waals surface area contributed by atoms with Crippen LogP contribution in [0.25, 0.3) is 54.2 Å². The number of carbonyl (C=O) groups excluding carboxylic acids is 4. The Bertz CT molecular complexity index is 2690. The number of imide groups is 2. The normalized spacial score (nSPS) is 14.1. The monoisotopic (exact) mass is 812 g/mol. The first-order valence-corrected chi connectivity index (χ1v) is 22.0. The van der Waals surface area contributed by atoms with E-state index in [1.165, 1.54) is 4.90 Å². The molecule has 0 saturated carbocycles. The summed E-state index contributed by atoms with van der Waals surface area (Å²) in [5.41, 5.74) is 5.88. The molecule has 8 nitrogen and oxygen atoms in total. The zero-order valence-electron chi connectivity index (χ0n) is 35.5. The molecule has 2 heterocycles. The second kappa shape index (κ2) is 16.8. The van der Waals surface area contributed by atoms with Gasteiger partial charge in [-0.15, -0.1) is 0 Å². The second-order valence-corrected chi connectivity index (χ2v) is 16.8. The Labute approximate surface area is 356 Å². The highest BCUT2D eigenvalue weighted by atomic mass is 16.7. The molecule has 0 N–H and O–H groups in total. The van der Waals surface area contributed by atoms with Crippen molar-refractivity contribution in [2.75, 3.05) is 14.2 Å². The van der Waals surface area contributed by atoms with Crippen LogP contribution < -0.4 is 0 Å². The van der Waals surface area contributed by atoms with E-state index in [1.807, 2.05) is 97.1 Å². The third-order valence-electron chi connectivity index (χ3n) is 13.1. The maximum Gasteiger partial charge on any atom is 0.261 e. The van der Waals surface area contributed by atoms with Crippen LogP contribution >= 0.6 is 0 Å². The highest BCUT2D eigenvalue weighted by molar-refractivity contribution is 6.41. The molecule has 0 saturated heterocycles. The van der Waals surface area contributed by atoms with Gasteiger partial charge in [-0.05, 0) is 86.1 Å². The highest BCUT2D eigenvalue weighted by Crippen LogP contribution is 2.47. The van der Waals surface area contributed by atoms with Gasteiger partial charge in [0.25, 0.3) is 23.6 Å². The molecule has 0 aliphatic carbocycles. The van der Waals surface area contributed by atoms with E-state index in [0.717, 1.165) is 119 Å². The molecule has 8 heteroatoms. The quantitative estimate of drug-likeness (QED) is 0.0299. The van der Waals surface area contributed by atoms with Crippen LogP contribution in [0.1, 0.15) is 137 Å². The molecular weight excluding hydrogens is 761 g/mol. The van der Waals surface area contributed by atoms with Crippen LogP contribution in [0.5, 0.6) is 0 Å². The Balaban J connectivity index is 1.04. The first-order chi connectivity index (χ1) is 29.8. The Kier molecular flexibility index (Phi) is 11.2. The number of methoxy groups -OCH3 is 2. The zero-order chi connectivity index (χ0) is 42.4. The molecule has 0 aromatic heterocycles. The van der Waals surface area contributed by atoms with Gasteiger partial charge < -0.3 is 9.47 Å². The molecule has 0 spiro atoms. The maximum absolute atomic E-state index is 14.5. The summed E-state index contributed by atoms with van der Waals surface area (Å²) in [6, 6.07) is 31.1. The molecule has 0 atom stereocenters. The number of ether oxygens (including phenoxy) is 2. The number of hydrogen-bond donors (Lipinski definition) is 0.